The number of carboxylic acids is 1. The van der Waals surface area contributed by atoms with Crippen molar-refractivity contribution in [2.24, 2.45) is 0 Å². The Balaban J connectivity index is 1.95. The number of fused-ring (bicyclic) bond motifs is 1. The predicted octanol–water partition coefficient (Wildman–Crippen LogP) is 4.82. The third kappa shape index (κ3) is 3.22. The number of nitrogens with zero attached hydrogens (tertiary/aromatic N) is 3. The molecule has 0 bridgehead atoms. The van der Waals surface area contributed by atoms with Crippen LogP contribution in [0.4, 0.5) is 24.7 Å². The molecule has 0 aliphatic carbocycles. The lowest BCUT2D eigenvalue weighted by molar-refractivity contribution is -0.138. The zero-order valence-corrected chi connectivity index (χ0v) is 16.4. The Hall–Kier alpha value is -3.75. The summed E-state index contributed by atoms with van der Waals surface area (Å²) >= 11 is 0. The molecule has 3 heterocycles. The highest BCUT2D eigenvalue weighted by Crippen LogP contribution is 2.48. The number of carbonyl (C=O) groups excluding carboxylic acids is 1. The number of hydrogen-bond donors (Lipinski definition) is 1. The molecular formula is C22H16F3N3O3. The first-order valence-corrected chi connectivity index (χ1v) is 9.22. The fourth-order valence-electron chi connectivity index (χ4n) is 3.82. The molecule has 0 radical (unpaired) electrons. The second-order valence-corrected chi connectivity index (χ2v) is 7.60. The summed E-state index contributed by atoms with van der Waals surface area (Å²) < 4.78 is 39.7. The van der Waals surface area contributed by atoms with Crippen molar-refractivity contribution in [3.8, 4) is 11.1 Å². The lowest BCUT2D eigenvalue weighted by Crippen LogP contribution is -2.33. The number of carbonyl (C=O) groups is 2. The number of aromatic carboxylic acids is 1. The van der Waals surface area contributed by atoms with E-state index in [1.807, 2.05) is 0 Å². The fraction of sp³-hybridized carbons (Fsp3) is 0.182. The van der Waals surface area contributed by atoms with Crippen molar-refractivity contribution >= 4 is 23.4 Å². The van der Waals surface area contributed by atoms with Gasteiger partial charge in [0, 0.05) is 18.0 Å². The van der Waals surface area contributed by atoms with Gasteiger partial charge in [-0.2, -0.15) is 13.2 Å². The van der Waals surface area contributed by atoms with Crippen LogP contribution >= 0.6 is 0 Å². The highest BCUT2D eigenvalue weighted by atomic mass is 19.4. The summed E-state index contributed by atoms with van der Waals surface area (Å²) in [4.78, 5) is 34.6. The average molecular weight is 427 g/mol. The normalized spacial score (nSPS) is 15.1. The minimum absolute atomic E-state index is 0.248. The van der Waals surface area contributed by atoms with Gasteiger partial charge in [0.25, 0.3) is 0 Å². The number of amides is 1. The van der Waals surface area contributed by atoms with Crippen molar-refractivity contribution in [3.05, 3.63) is 71.7 Å². The first-order chi connectivity index (χ1) is 14.5. The summed E-state index contributed by atoms with van der Waals surface area (Å²) in [5.74, 6) is -1.63. The molecule has 0 unspecified atom stereocenters. The Bertz CT molecular complexity index is 1210. The first kappa shape index (κ1) is 20.5. The summed E-state index contributed by atoms with van der Waals surface area (Å²) in [5, 5.41) is 9.35. The van der Waals surface area contributed by atoms with Gasteiger partial charge in [-0.15, -0.1) is 0 Å². The molecule has 0 saturated carbocycles. The SMILES string of the molecule is CC1(C)C(=O)N(c2cccnc2)c2nccc(-c3ccc(C(F)(F)F)c(C(=O)O)c3)c21. The zero-order valence-electron chi connectivity index (χ0n) is 16.4. The third-order valence-corrected chi connectivity index (χ3v) is 5.28. The van der Waals surface area contributed by atoms with Crippen molar-refractivity contribution in [2.75, 3.05) is 4.90 Å². The zero-order chi connectivity index (χ0) is 22.6. The van der Waals surface area contributed by atoms with Gasteiger partial charge in [-0.05, 0) is 55.3 Å². The minimum atomic E-state index is -4.81. The van der Waals surface area contributed by atoms with Crippen LogP contribution in [0, 0.1) is 0 Å². The quantitative estimate of drug-likeness (QED) is 0.648. The summed E-state index contributed by atoms with van der Waals surface area (Å²) in [6.45, 7) is 3.38. The van der Waals surface area contributed by atoms with Gasteiger partial charge in [0.05, 0.1) is 28.4 Å². The van der Waals surface area contributed by atoms with E-state index in [9.17, 15) is 27.9 Å². The first-order valence-electron chi connectivity index (χ1n) is 9.22. The molecule has 3 aromatic rings. The highest BCUT2D eigenvalue weighted by molar-refractivity contribution is 6.13. The predicted molar refractivity (Wildman–Crippen MR) is 106 cm³/mol. The van der Waals surface area contributed by atoms with E-state index in [4.69, 9.17) is 0 Å². The Morgan fingerprint density at radius 3 is 2.48 bits per heavy atom. The van der Waals surface area contributed by atoms with E-state index >= 15 is 0 Å². The number of hydrogen-bond acceptors (Lipinski definition) is 4. The number of pyridine rings is 2. The van der Waals surface area contributed by atoms with E-state index in [1.54, 1.807) is 38.2 Å². The van der Waals surface area contributed by atoms with Gasteiger partial charge in [-0.3, -0.25) is 14.7 Å². The van der Waals surface area contributed by atoms with Crippen LogP contribution in [0.25, 0.3) is 11.1 Å². The second kappa shape index (κ2) is 6.90. The van der Waals surface area contributed by atoms with Gasteiger partial charge in [0.1, 0.15) is 5.82 Å². The summed E-state index contributed by atoms with van der Waals surface area (Å²) in [7, 11) is 0. The van der Waals surface area contributed by atoms with Gasteiger partial charge in [-0.1, -0.05) is 6.07 Å². The number of aromatic nitrogens is 2. The summed E-state index contributed by atoms with van der Waals surface area (Å²) in [6.07, 6.45) is -0.295. The Morgan fingerprint density at radius 2 is 1.87 bits per heavy atom. The molecule has 4 rings (SSSR count). The number of benzene rings is 1. The molecule has 1 amide bonds. The van der Waals surface area contributed by atoms with Crippen molar-refractivity contribution in [1.82, 2.24) is 9.97 Å². The molecule has 0 saturated heterocycles. The number of carboxylic acid groups (broad SMARTS) is 1. The van der Waals surface area contributed by atoms with Crippen LogP contribution in [0.3, 0.4) is 0 Å². The molecule has 6 nitrogen and oxygen atoms in total. The van der Waals surface area contributed by atoms with Crippen LogP contribution in [-0.4, -0.2) is 27.0 Å². The highest BCUT2D eigenvalue weighted by Gasteiger charge is 2.47. The third-order valence-electron chi connectivity index (χ3n) is 5.28. The number of halogens is 3. The molecule has 31 heavy (non-hydrogen) atoms. The molecule has 0 spiro atoms. The second-order valence-electron chi connectivity index (χ2n) is 7.60. The van der Waals surface area contributed by atoms with E-state index in [0.29, 0.717) is 22.6 Å². The van der Waals surface area contributed by atoms with E-state index in [-0.39, 0.29) is 11.5 Å². The molecule has 1 aliphatic heterocycles. The van der Waals surface area contributed by atoms with Gasteiger partial charge in [-0.25, -0.2) is 9.78 Å². The summed E-state index contributed by atoms with van der Waals surface area (Å²) in [5.41, 5.74) is -1.46. The Morgan fingerprint density at radius 1 is 1.13 bits per heavy atom. The summed E-state index contributed by atoms with van der Waals surface area (Å²) in [6, 6.07) is 7.87. The van der Waals surface area contributed by atoms with Crippen molar-refractivity contribution in [2.45, 2.75) is 25.4 Å². The Kier molecular flexibility index (Phi) is 4.57. The van der Waals surface area contributed by atoms with Gasteiger partial charge >= 0.3 is 12.1 Å². The molecule has 1 aliphatic rings. The molecule has 2 aromatic heterocycles. The maximum Gasteiger partial charge on any atom is 0.417 e. The lowest BCUT2D eigenvalue weighted by atomic mass is 9.82. The molecular weight excluding hydrogens is 411 g/mol. The smallest absolute Gasteiger partial charge is 0.417 e. The largest absolute Gasteiger partial charge is 0.478 e. The van der Waals surface area contributed by atoms with E-state index in [2.05, 4.69) is 9.97 Å². The van der Waals surface area contributed by atoms with E-state index < -0.39 is 28.7 Å². The minimum Gasteiger partial charge on any atom is -0.478 e. The topological polar surface area (TPSA) is 83.4 Å². The molecule has 1 aromatic carbocycles. The van der Waals surface area contributed by atoms with Crippen LogP contribution in [0.15, 0.2) is 55.0 Å². The van der Waals surface area contributed by atoms with Gasteiger partial charge in [0.2, 0.25) is 5.91 Å². The standard InChI is InChI=1S/C22H16F3N3O3/c1-21(2)17-14(12-5-6-16(22(23,24)25)15(10-12)19(29)30)7-9-27-18(17)28(20(21)31)13-4-3-8-26-11-13/h3-11H,1-2H3,(H,29,30). The van der Waals surface area contributed by atoms with Crippen LogP contribution in [-0.2, 0) is 16.4 Å². The maximum absolute atomic E-state index is 13.2. The molecule has 9 heteroatoms. The molecule has 0 atom stereocenters. The molecule has 1 N–H and O–H groups in total. The number of alkyl halides is 3. The molecule has 158 valence electrons. The van der Waals surface area contributed by atoms with Crippen LogP contribution in [0.5, 0.6) is 0 Å². The van der Waals surface area contributed by atoms with Crippen molar-refractivity contribution in [3.63, 3.8) is 0 Å². The van der Waals surface area contributed by atoms with Crippen LogP contribution in [0.1, 0.15) is 35.3 Å². The van der Waals surface area contributed by atoms with Crippen LogP contribution < -0.4 is 4.90 Å². The number of rotatable bonds is 3. The van der Waals surface area contributed by atoms with Crippen LogP contribution in [0.2, 0.25) is 0 Å². The molecule has 0 fully saturated rings. The Labute approximate surface area is 175 Å². The van der Waals surface area contributed by atoms with E-state index in [1.165, 1.54) is 23.4 Å². The van der Waals surface area contributed by atoms with Gasteiger partial charge in [0.15, 0.2) is 0 Å². The van der Waals surface area contributed by atoms with Crippen molar-refractivity contribution < 1.29 is 27.9 Å². The maximum atomic E-state index is 13.2. The van der Waals surface area contributed by atoms with E-state index in [0.717, 1.165) is 12.1 Å². The fourth-order valence-corrected chi connectivity index (χ4v) is 3.82. The monoisotopic (exact) mass is 427 g/mol. The lowest BCUT2D eigenvalue weighted by Gasteiger charge is -2.20. The average Bonchev–Trinajstić information content (AvgIpc) is 2.93. The number of anilines is 2. The van der Waals surface area contributed by atoms with Crippen molar-refractivity contribution in [1.29, 1.82) is 0 Å². The van der Waals surface area contributed by atoms with Gasteiger partial charge < -0.3 is 5.11 Å².